The average Bonchev–Trinajstić information content (AvgIpc) is 3.28. The van der Waals surface area contributed by atoms with Crippen LogP contribution in [0, 0.1) is 0 Å². The van der Waals surface area contributed by atoms with E-state index >= 15 is 0 Å². The van der Waals surface area contributed by atoms with Crippen LogP contribution in [0.4, 0.5) is 22.4 Å². The highest BCUT2D eigenvalue weighted by molar-refractivity contribution is 6.30. The van der Waals surface area contributed by atoms with Crippen LogP contribution in [0.1, 0.15) is 16.8 Å². The fourth-order valence-corrected chi connectivity index (χ4v) is 4.03. The van der Waals surface area contributed by atoms with E-state index in [1.807, 2.05) is 0 Å². The minimum atomic E-state index is -4.75. The second kappa shape index (κ2) is 11.2. The minimum absolute atomic E-state index is 0.0396. The van der Waals surface area contributed by atoms with E-state index in [0.717, 1.165) is 12.1 Å². The summed E-state index contributed by atoms with van der Waals surface area (Å²) in [5.74, 6) is -1.13. The first-order chi connectivity index (χ1) is 18.1. The van der Waals surface area contributed by atoms with Gasteiger partial charge in [-0.3, -0.25) is 14.6 Å². The Morgan fingerprint density at radius 2 is 1.92 bits per heavy atom. The highest BCUT2D eigenvalue weighted by Crippen LogP contribution is 2.36. The van der Waals surface area contributed by atoms with E-state index in [9.17, 15) is 27.2 Å². The fourth-order valence-electron chi connectivity index (χ4n) is 3.92. The van der Waals surface area contributed by atoms with Gasteiger partial charge in [-0.1, -0.05) is 54.1 Å². The molecule has 200 valence electrons. The predicted molar refractivity (Wildman–Crippen MR) is 128 cm³/mol. The zero-order chi connectivity index (χ0) is 27.3. The molecular weight excluding hydrogens is 532 g/mol. The molecule has 3 aromatic rings. The standard InChI is InChI=1S/C25H21ClF4N4O4/c26-17-9-10-20(31-13-17)24(12-15-5-2-1-3-6-15,33-23(36)32-19-14-37-34-21(19)35)16-7-4-8-18(11-16)38-25(29,30)22(27)28/h1-11,13,19,22H,12,14H2,(H,34,35)(H2,32,33,36). The summed E-state index contributed by atoms with van der Waals surface area (Å²) in [6.45, 7) is -0.122. The third kappa shape index (κ3) is 6.14. The molecule has 0 radical (unpaired) electrons. The highest BCUT2D eigenvalue weighted by atomic mass is 35.5. The average molecular weight is 553 g/mol. The first-order valence-electron chi connectivity index (χ1n) is 11.2. The molecule has 3 amide bonds. The lowest BCUT2D eigenvalue weighted by atomic mass is 9.80. The van der Waals surface area contributed by atoms with Crippen LogP contribution < -0.4 is 20.9 Å². The van der Waals surface area contributed by atoms with Crippen LogP contribution in [-0.4, -0.2) is 42.1 Å². The molecule has 1 aliphatic heterocycles. The van der Waals surface area contributed by atoms with Gasteiger partial charge in [0.05, 0.1) is 10.7 Å². The first-order valence-corrected chi connectivity index (χ1v) is 11.6. The molecule has 1 fully saturated rings. The lowest BCUT2D eigenvalue weighted by molar-refractivity contribution is -0.253. The lowest BCUT2D eigenvalue weighted by Gasteiger charge is -2.36. The van der Waals surface area contributed by atoms with Crippen molar-refractivity contribution in [1.82, 2.24) is 21.1 Å². The molecule has 0 bridgehead atoms. The molecule has 4 rings (SSSR count). The van der Waals surface area contributed by atoms with Gasteiger partial charge in [0.2, 0.25) is 0 Å². The first kappa shape index (κ1) is 27.1. The fraction of sp³-hybridized carbons (Fsp3) is 0.240. The molecule has 2 atom stereocenters. The summed E-state index contributed by atoms with van der Waals surface area (Å²) in [6, 6.07) is 15.1. The van der Waals surface area contributed by atoms with Crippen molar-refractivity contribution in [3.63, 3.8) is 0 Å². The van der Waals surface area contributed by atoms with Crippen LogP contribution in [0.3, 0.4) is 0 Å². The minimum Gasteiger partial charge on any atom is -0.428 e. The molecular formula is C25H21ClF4N4O4. The molecule has 38 heavy (non-hydrogen) atoms. The van der Waals surface area contributed by atoms with Crippen LogP contribution in [0.5, 0.6) is 5.75 Å². The topological polar surface area (TPSA) is 102 Å². The Kier molecular flexibility index (Phi) is 8.02. The number of aromatic nitrogens is 1. The number of carbonyl (C=O) groups is 2. The number of urea groups is 1. The van der Waals surface area contributed by atoms with Crippen LogP contribution in [-0.2, 0) is 21.6 Å². The van der Waals surface area contributed by atoms with Gasteiger partial charge in [-0.25, -0.2) is 10.3 Å². The van der Waals surface area contributed by atoms with Crippen molar-refractivity contribution in [3.8, 4) is 5.75 Å². The van der Waals surface area contributed by atoms with E-state index in [-0.39, 0.29) is 24.3 Å². The highest BCUT2D eigenvalue weighted by Gasteiger charge is 2.45. The summed E-state index contributed by atoms with van der Waals surface area (Å²) in [6.07, 6.45) is -7.45. The number of rotatable bonds is 9. The molecule has 3 N–H and O–H groups in total. The number of ether oxygens (including phenoxy) is 1. The van der Waals surface area contributed by atoms with Gasteiger partial charge in [-0.15, -0.1) is 0 Å². The van der Waals surface area contributed by atoms with E-state index < -0.39 is 41.8 Å². The Hall–Kier alpha value is -3.90. The number of hydroxylamine groups is 1. The quantitative estimate of drug-likeness (QED) is 0.346. The van der Waals surface area contributed by atoms with Crippen molar-refractivity contribution in [2.24, 2.45) is 0 Å². The summed E-state index contributed by atoms with van der Waals surface area (Å²) >= 11 is 6.04. The van der Waals surface area contributed by atoms with E-state index in [0.29, 0.717) is 10.6 Å². The van der Waals surface area contributed by atoms with Gasteiger partial charge in [0.15, 0.2) is 0 Å². The van der Waals surface area contributed by atoms with Crippen molar-refractivity contribution in [3.05, 3.63) is 94.8 Å². The zero-order valence-corrected chi connectivity index (χ0v) is 20.2. The van der Waals surface area contributed by atoms with Crippen LogP contribution in [0.2, 0.25) is 5.02 Å². The molecule has 2 heterocycles. The van der Waals surface area contributed by atoms with Gasteiger partial charge in [-0.05, 0) is 35.4 Å². The Morgan fingerprint density at radius 1 is 1.16 bits per heavy atom. The molecule has 2 unspecified atom stereocenters. The Balaban J connectivity index is 1.82. The van der Waals surface area contributed by atoms with Gasteiger partial charge in [0.1, 0.15) is 23.9 Å². The van der Waals surface area contributed by atoms with Crippen LogP contribution >= 0.6 is 11.6 Å². The van der Waals surface area contributed by atoms with Crippen molar-refractivity contribution in [2.75, 3.05) is 6.61 Å². The predicted octanol–water partition coefficient (Wildman–Crippen LogP) is 4.19. The number of hydrogen-bond donors (Lipinski definition) is 3. The van der Waals surface area contributed by atoms with Crippen molar-refractivity contribution < 1.29 is 36.7 Å². The lowest BCUT2D eigenvalue weighted by Crippen LogP contribution is -2.55. The number of halogens is 5. The molecule has 0 aliphatic carbocycles. The number of alkyl halides is 4. The van der Waals surface area contributed by atoms with Gasteiger partial charge in [-0.2, -0.15) is 17.6 Å². The number of nitrogens with zero attached hydrogens (tertiary/aromatic N) is 1. The third-order valence-electron chi connectivity index (χ3n) is 5.68. The normalized spacial score (nSPS) is 17.0. The summed E-state index contributed by atoms with van der Waals surface area (Å²) in [4.78, 5) is 34.3. The largest absolute Gasteiger partial charge is 0.461 e. The van der Waals surface area contributed by atoms with Gasteiger partial charge >= 0.3 is 18.6 Å². The maximum absolute atomic E-state index is 13.7. The van der Waals surface area contributed by atoms with E-state index in [2.05, 4.69) is 25.8 Å². The number of carbonyl (C=O) groups excluding carboxylic acids is 2. The number of nitrogens with one attached hydrogen (secondary N) is 3. The van der Waals surface area contributed by atoms with Crippen molar-refractivity contribution in [1.29, 1.82) is 0 Å². The van der Waals surface area contributed by atoms with E-state index in [1.54, 1.807) is 30.3 Å². The van der Waals surface area contributed by atoms with Gasteiger partial charge < -0.3 is 15.4 Å². The Labute approximate surface area is 219 Å². The van der Waals surface area contributed by atoms with E-state index in [4.69, 9.17) is 16.4 Å². The number of hydrogen-bond acceptors (Lipinski definition) is 5. The second-order valence-electron chi connectivity index (χ2n) is 8.35. The van der Waals surface area contributed by atoms with Crippen molar-refractivity contribution in [2.45, 2.75) is 30.5 Å². The summed E-state index contributed by atoms with van der Waals surface area (Å²) < 4.78 is 57.4. The van der Waals surface area contributed by atoms with Gasteiger partial charge in [0.25, 0.3) is 5.91 Å². The summed E-state index contributed by atoms with van der Waals surface area (Å²) in [5.41, 5.74) is 1.69. The number of amides is 3. The van der Waals surface area contributed by atoms with Crippen LogP contribution in [0.15, 0.2) is 72.9 Å². The molecule has 0 saturated carbocycles. The van der Waals surface area contributed by atoms with Crippen molar-refractivity contribution >= 4 is 23.5 Å². The molecule has 2 aromatic carbocycles. The van der Waals surface area contributed by atoms with E-state index in [1.165, 1.54) is 30.5 Å². The molecule has 1 aromatic heterocycles. The van der Waals surface area contributed by atoms with Crippen LogP contribution in [0.25, 0.3) is 0 Å². The smallest absolute Gasteiger partial charge is 0.428 e. The number of benzene rings is 2. The maximum Gasteiger partial charge on any atom is 0.461 e. The Bertz CT molecular complexity index is 1280. The molecule has 1 saturated heterocycles. The molecule has 0 spiro atoms. The monoisotopic (exact) mass is 552 g/mol. The molecule has 8 nitrogen and oxygen atoms in total. The number of pyridine rings is 1. The zero-order valence-electron chi connectivity index (χ0n) is 19.5. The van der Waals surface area contributed by atoms with Gasteiger partial charge in [0, 0.05) is 12.6 Å². The Morgan fingerprint density at radius 3 is 2.55 bits per heavy atom. The molecule has 1 aliphatic rings. The maximum atomic E-state index is 13.7. The molecule has 13 heteroatoms. The second-order valence-corrected chi connectivity index (χ2v) is 8.79. The summed E-state index contributed by atoms with van der Waals surface area (Å²) in [5, 5.41) is 5.60. The third-order valence-corrected chi connectivity index (χ3v) is 5.91. The SMILES string of the molecule is O=C(NC1CONC1=O)NC(Cc1ccccc1)(c1cccc(OC(F)(F)C(F)F)c1)c1ccc(Cl)cn1. The summed E-state index contributed by atoms with van der Waals surface area (Å²) in [7, 11) is 0.